The molecule has 10 heteroatoms. The number of para-hydroxylation sites is 1. The van der Waals surface area contributed by atoms with Gasteiger partial charge in [0.15, 0.2) is 0 Å². The van der Waals surface area contributed by atoms with E-state index >= 15 is 0 Å². The van der Waals surface area contributed by atoms with E-state index < -0.39 is 15.6 Å². The Morgan fingerprint density at radius 2 is 1.76 bits per heavy atom. The Balaban J connectivity index is 2.18. The van der Waals surface area contributed by atoms with Gasteiger partial charge >= 0.3 is 0 Å². The number of nitrogens with two attached hydrogens (primary N) is 2. The summed E-state index contributed by atoms with van der Waals surface area (Å²) in [4.78, 5) is 17.8. The Morgan fingerprint density at radius 3 is 2.28 bits per heavy atom. The molecular weight excluding hydrogens is 410 g/mol. The zero-order valence-electron chi connectivity index (χ0n) is 15.5. The van der Waals surface area contributed by atoms with Crippen LogP contribution >= 0.6 is 11.8 Å². The Bertz CT molecular complexity index is 1220. The van der Waals surface area contributed by atoms with Crippen molar-refractivity contribution < 1.29 is 8.42 Å². The molecule has 0 aliphatic carbocycles. The summed E-state index contributed by atoms with van der Waals surface area (Å²) < 4.78 is 24.3. The second kappa shape index (κ2) is 8.19. The zero-order chi connectivity index (χ0) is 21.2. The van der Waals surface area contributed by atoms with Crippen LogP contribution in [0.5, 0.6) is 0 Å². The average molecular weight is 430 g/mol. The van der Waals surface area contributed by atoms with Gasteiger partial charge in [0.1, 0.15) is 22.2 Å². The second-order valence-electron chi connectivity index (χ2n) is 6.17. The number of amidine groups is 1. The average Bonchev–Trinajstić information content (AvgIpc) is 2.67. The topological polar surface area (TPSA) is 145 Å². The van der Waals surface area contributed by atoms with Crippen molar-refractivity contribution in [2.75, 3.05) is 6.26 Å². The molecule has 0 fully saturated rings. The number of hydrogen-bond acceptors (Lipinski definition) is 6. The third-order valence-corrected chi connectivity index (χ3v) is 5.82. The highest BCUT2D eigenvalue weighted by Gasteiger charge is 2.20. The smallest absolute Gasteiger partial charge is 0.270 e. The minimum atomic E-state index is -3.79. The summed E-state index contributed by atoms with van der Waals surface area (Å²) in [6, 6.07) is 15.0. The highest BCUT2D eigenvalue weighted by molar-refractivity contribution is 7.98. The number of nitrogens with zero attached hydrogens (tertiary/aromatic N) is 2. The van der Waals surface area contributed by atoms with Gasteiger partial charge in [0.05, 0.1) is 10.6 Å². The van der Waals surface area contributed by atoms with E-state index in [1.165, 1.54) is 28.5 Å². The predicted molar refractivity (Wildman–Crippen MR) is 113 cm³/mol. The highest BCUT2D eigenvalue weighted by atomic mass is 32.2. The summed E-state index contributed by atoms with van der Waals surface area (Å²) in [5.74, 6) is 0.0968. The molecule has 1 heterocycles. The molecule has 0 unspecified atom stereocenters. The Hall–Kier alpha value is -2.95. The van der Waals surface area contributed by atoms with Crippen LogP contribution < -0.4 is 16.4 Å². The molecule has 8 nitrogen and oxygen atoms in total. The maximum atomic E-state index is 13.2. The summed E-state index contributed by atoms with van der Waals surface area (Å²) in [6.07, 6.45) is 2.02. The van der Waals surface area contributed by atoms with Crippen molar-refractivity contribution in [3.8, 4) is 5.69 Å². The largest absolute Gasteiger partial charge is 0.383 e. The van der Waals surface area contributed by atoms with E-state index in [2.05, 4.69) is 4.98 Å². The molecule has 0 amide bonds. The number of sulfonamides is 1. The van der Waals surface area contributed by atoms with Crippen LogP contribution in [0.1, 0.15) is 17.0 Å². The molecule has 1 aromatic heterocycles. The lowest BCUT2D eigenvalue weighted by Crippen LogP contribution is -2.33. The maximum absolute atomic E-state index is 13.2. The molecule has 0 bridgehead atoms. The zero-order valence-corrected chi connectivity index (χ0v) is 17.1. The lowest BCUT2D eigenvalue weighted by Gasteiger charge is -2.16. The first-order chi connectivity index (χ1) is 13.7. The summed E-state index contributed by atoms with van der Waals surface area (Å²) in [7, 11) is -3.79. The van der Waals surface area contributed by atoms with Crippen LogP contribution in [0.3, 0.4) is 0 Å². The molecule has 0 saturated heterocycles. The fourth-order valence-corrected chi connectivity index (χ4v) is 3.98. The lowest BCUT2D eigenvalue weighted by molar-refractivity contribution is 0.598. The molecule has 5 N–H and O–H groups in total. The van der Waals surface area contributed by atoms with Gasteiger partial charge in [0.2, 0.25) is 10.0 Å². The SMILES string of the molecule is CSc1nc(Cc2ccc(S(N)(=O)=O)cc2)n(-c2ccccc2)c(=O)c1C(=N)N. The van der Waals surface area contributed by atoms with Crippen molar-refractivity contribution in [3.63, 3.8) is 0 Å². The molecule has 29 heavy (non-hydrogen) atoms. The van der Waals surface area contributed by atoms with Crippen LogP contribution in [0.15, 0.2) is 69.3 Å². The first-order valence-electron chi connectivity index (χ1n) is 8.44. The van der Waals surface area contributed by atoms with Crippen LogP contribution in [0.2, 0.25) is 0 Å². The molecule has 3 aromatic rings. The summed E-state index contributed by atoms with van der Waals surface area (Å²) in [5, 5.41) is 13.3. The van der Waals surface area contributed by atoms with Gasteiger partial charge in [-0.25, -0.2) is 18.5 Å². The van der Waals surface area contributed by atoms with Gasteiger partial charge in [-0.15, -0.1) is 11.8 Å². The van der Waals surface area contributed by atoms with Crippen molar-refractivity contribution in [3.05, 3.63) is 81.9 Å². The molecule has 0 saturated carbocycles. The lowest BCUT2D eigenvalue weighted by atomic mass is 10.1. The molecule has 150 valence electrons. The normalized spacial score (nSPS) is 11.4. The van der Waals surface area contributed by atoms with E-state index in [-0.39, 0.29) is 22.7 Å². The molecule has 3 rings (SSSR count). The minimum Gasteiger partial charge on any atom is -0.383 e. The van der Waals surface area contributed by atoms with Crippen LogP contribution in [-0.4, -0.2) is 30.1 Å². The second-order valence-corrected chi connectivity index (χ2v) is 8.52. The Kier molecular flexibility index (Phi) is 5.87. The molecule has 0 aliphatic rings. The fourth-order valence-electron chi connectivity index (χ4n) is 2.86. The summed E-state index contributed by atoms with van der Waals surface area (Å²) >= 11 is 1.23. The van der Waals surface area contributed by atoms with Gasteiger partial charge in [-0.3, -0.25) is 14.8 Å². The van der Waals surface area contributed by atoms with Gasteiger partial charge in [0.25, 0.3) is 5.56 Å². The number of benzene rings is 2. The van der Waals surface area contributed by atoms with E-state index in [9.17, 15) is 13.2 Å². The number of aromatic nitrogens is 2. The highest BCUT2D eigenvalue weighted by Crippen LogP contribution is 2.20. The first-order valence-corrected chi connectivity index (χ1v) is 11.2. The van der Waals surface area contributed by atoms with E-state index in [0.29, 0.717) is 16.5 Å². The third kappa shape index (κ3) is 4.39. The predicted octanol–water partition coefficient (Wildman–Crippen LogP) is 1.48. The van der Waals surface area contributed by atoms with Crippen LogP contribution in [0, 0.1) is 5.41 Å². The Morgan fingerprint density at radius 1 is 1.14 bits per heavy atom. The number of rotatable bonds is 6. The number of primary sulfonamides is 1. The number of nitrogens with one attached hydrogen (secondary N) is 1. The van der Waals surface area contributed by atoms with Gasteiger partial charge in [-0.2, -0.15) is 0 Å². The van der Waals surface area contributed by atoms with E-state index in [4.69, 9.17) is 16.3 Å². The van der Waals surface area contributed by atoms with Gasteiger partial charge in [-0.1, -0.05) is 30.3 Å². The molecular formula is C19H19N5O3S2. The van der Waals surface area contributed by atoms with E-state index in [0.717, 1.165) is 5.56 Å². The van der Waals surface area contributed by atoms with Gasteiger partial charge in [0, 0.05) is 6.42 Å². The molecule has 2 aromatic carbocycles. The summed E-state index contributed by atoms with van der Waals surface area (Å²) in [5.41, 5.74) is 6.61. The molecule has 0 aliphatic heterocycles. The molecule has 0 atom stereocenters. The number of hydrogen-bond donors (Lipinski definition) is 3. The van der Waals surface area contributed by atoms with Crippen molar-refractivity contribution >= 4 is 27.6 Å². The van der Waals surface area contributed by atoms with Crippen LogP contribution in [0.25, 0.3) is 5.69 Å². The van der Waals surface area contributed by atoms with Crippen LogP contribution in [-0.2, 0) is 16.4 Å². The quantitative estimate of drug-likeness (QED) is 0.234. The van der Waals surface area contributed by atoms with Crippen molar-refractivity contribution in [1.82, 2.24) is 9.55 Å². The van der Waals surface area contributed by atoms with Crippen molar-refractivity contribution in [2.24, 2.45) is 10.9 Å². The van der Waals surface area contributed by atoms with Crippen LogP contribution in [0.4, 0.5) is 0 Å². The molecule has 0 radical (unpaired) electrons. The third-order valence-electron chi connectivity index (χ3n) is 4.21. The number of nitrogen functional groups attached to an aromatic ring is 1. The first kappa shape index (κ1) is 20.8. The maximum Gasteiger partial charge on any atom is 0.270 e. The van der Waals surface area contributed by atoms with Crippen molar-refractivity contribution in [2.45, 2.75) is 16.3 Å². The monoisotopic (exact) mass is 429 g/mol. The van der Waals surface area contributed by atoms with Gasteiger partial charge in [-0.05, 0) is 36.1 Å². The van der Waals surface area contributed by atoms with Gasteiger partial charge < -0.3 is 5.73 Å². The number of thioether (sulfide) groups is 1. The fraction of sp³-hybridized carbons (Fsp3) is 0.105. The van der Waals surface area contributed by atoms with E-state index in [1.54, 1.807) is 42.7 Å². The molecule has 0 spiro atoms. The minimum absolute atomic E-state index is 0.00592. The standard InChI is InChI=1S/C19H19N5O3S2/c1-28-18-16(17(20)21)19(25)24(13-5-3-2-4-6-13)15(23-18)11-12-7-9-14(10-8-12)29(22,26)27/h2-10H,11H2,1H3,(H3,20,21)(H2,22,26,27). The van der Waals surface area contributed by atoms with E-state index in [1.807, 2.05) is 6.07 Å². The summed E-state index contributed by atoms with van der Waals surface area (Å²) in [6.45, 7) is 0. The van der Waals surface area contributed by atoms with Crippen molar-refractivity contribution in [1.29, 1.82) is 5.41 Å². The Labute approximate surface area is 172 Å².